The van der Waals surface area contributed by atoms with Crippen molar-refractivity contribution in [2.24, 2.45) is 11.3 Å². The quantitative estimate of drug-likeness (QED) is 0.764. The molecular weight excluding hydrogens is 244 g/mol. The maximum atomic E-state index is 12.1. The normalized spacial score (nSPS) is 22.1. The highest BCUT2D eigenvalue weighted by molar-refractivity contribution is 5.79. The summed E-state index contributed by atoms with van der Waals surface area (Å²) in [7, 11) is 0. The van der Waals surface area contributed by atoms with Gasteiger partial charge in [0.1, 0.15) is 0 Å². The SMILES string of the molecule is CC(=O)N1CCC(C(=O)NCC2(CCO)CC2)CC1. The van der Waals surface area contributed by atoms with Crippen molar-refractivity contribution >= 4 is 11.8 Å². The number of hydrogen-bond acceptors (Lipinski definition) is 3. The van der Waals surface area contributed by atoms with Crippen LogP contribution in [0.15, 0.2) is 0 Å². The minimum absolute atomic E-state index is 0.0422. The van der Waals surface area contributed by atoms with E-state index in [0.29, 0.717) is 19.6 Å². The van der Waals surface area contributed by atoms with Gasteiger partial charge >= 0.3 is 0 Å². The van der Waals surface area contributed by atoms with E-state index in [2.05, 4.69) is 5.32 Å². The van der Waals surface area contributed by atoms with Crippen LogP contribution in [0.2, 0.25) is 0 Å². The summed E-state index contributed by atoms with van der Waals surface area (Å²) in [5.74, 6) is 0.256. The third-order valence-electron chi connectivity index (χ3n) is 4.55. The molecule has 0 aromatic heterocycles. The van der Waals surface area contributed by atoms with Gasteiger partial charge in [0.05, 0.1) is 0 Å². The van der Waals surface area contributed by atoms with Gasteiger partial charge in [-0.1, -0.05) is 0 Å². The first kappa shape index (κ1) is 14.3. The number of likely N-dealkylation sites (tertiary alicyclic amines) is 1. The molecular formula is C14H24N2O3. The summed E-state index contributed by atoms with van der Waals surface area (Å²) in [4.78, 5) is 25.1. The summed E-state index contributed by atoms with van der Waals surface area (Å²) >= 11 is 0. The van der Waals surface area contributed by atoms with E-state index < -0.39 is 0 Å². The van der Waals surface area contributed by atoms with E-state index >= 15 is 0 Å². The van der Waals surface area contributed by atoms with E-state index in [1.807, 2.05) is 0 Å². The molecule has 2 fully saturated rings. The Labute approximate surface area is 114 Å². The third-order valence-corrected chi connectivity index (χ3v) is 4.55. The van der Waals surface area contributed by atoms with E-state index in [1.54, 1.807) is 11.8 Å². The van der Waals surface area contributed by atoms with Crippen LogP contribution in [-0.2, 0) is 9.59 Å². The topological polar surface area (TPSA) is 69.6 Å². The van der Waals surface area contributed by atoms with Gasteiger partial charge in [-0.3, -0.25) is 9.59 Å². The van der Waals surface area contributed by atoms with Crippen molar-refractivity contribution < 1.29 is 14.7 Å². The molecule has 0 bridgehead atoms. The second-order valence-corrected chi connectivity index (χ2v) is 5.97. The molecule has 0 aromatic rings. The molecule has 2 rings (SSSR count). The minimum Gasteiger partial charge on any atom is -0.396 e. The molecule has 1 aliphatic heterocycles. The van der Waals surface area contributed by atoms with Crippen LogP contribution in [0.25, 0.3) is 0 Å². The van der Waals surface area contributed by atoms with E-state index in [-0.39, 0.29) is 29.8 Å². The van der Waals surface area contributed by atoms with Gasteiger partial charge in [-0.25, -0.2) is 0 Å². The van der Waals surface area contributed by atoms with Gasteiger partial charge in [0.2, 0.25) is 11.8 Å². The highest BCUT2D eigenvalue weighted by atomic mass is 16.3. The predicted molar refractivity (Wildman–Crippen MR) is 71.4 cm³/mol. The first-order valence-corrected chi connectivity index (χ1v) is 7.20. The van der Waals surface area contributed by atoms with Gasteiger partial charge < -0.3 is 15.3 Å². The van der Waals surface area contributed by atoms with E-state index in [0.717, 1.165) is 32.1 Å². The maximum absolute atomic E-state index is 12.1. The summed E-state index contributed by atoms with van der Waals surface area (Å²) < 4.78 is 0. The Morgan fingerprint density at radius 2 is 1.95 bits per heavy atom. The van der Waals surface area contributed by atoms with Crippen molar-refractivity contribution in [1.82, 2.24) is 10.2 Å². The zero-order chi connectivity index (χ0) is 13.9. The van der Waals surface area contributed by atoms with Crippen LogP contribution in [0.4, 0.5) is 0 Å². The second kappa shape index (κ2) is 5.90. The molecule has 2 aliphatic rings. The Morgan fingerprint density at radius 1 is 1.32 bits per heavy atom. The summed E-state index contributed by atoms with van der Waals surface area (Å²) in [6.07, 6.45) is 4.53. The van der Waals surface area contributed by atoms with Crippen LogP contribution < -0.4 is 5.32 Å². The van der Waals surface area contributed by atoms with Gasteiger partial charge in [0.15, 0.2) is 0 Å². The predicted octanol–water partition coefficient (Wildman–Crippen LogP) is 0.524. The molecule has 0 spiro atoms. The number of amides is 2. The first-order valence-electron chi connectivity index (χ1n) is 7.20. The highest BCUT2D eigenvalue weighted by Crippen LogP contribution is 2.47. The molecule has 0 radical (unpaired) electrons. The molecule has 5 nitrogen and oxygen atoms in total. The van der Waals surface area contributed by atoms with Crippen LogP contribution in [0.3, 0.4) is 0 Å². The molecule has 1 aliphatic carbocycles. The Kier molecular flexibility index (Phi) is 4.45. The lowest BCUT2D eigenvalue weighted by Gasteiger charge is -2.30. The molecule has 5 heteroatoms. The lowest BCUT2D eigenvalue weighted by molar-refractivity contribution is -0.134. The van der Waals surface area contributed by atoms with Gasteiger partial charge in [-0.2, -0.15) is 0 Å². The fourth-order valence-corrected chi connectivity index (χ4v) is 2.80. The van der Waals surface area contributed by atoms with Crippen molar-refractivity contribution in [2.75, 3.05) is 26.2 Å². The van der Waals surface area contributed by atoms with Gasteiger partial charge in [-0.15, -0.1) is 0 Å². The molecule has 2 N–H and O–H groups in total. The van der Waals surface area contributed by atoms with Gasteiger partial charge in [-0.05, 0) is 37.5 Å². The Morgan fingerprint density at radius 3 is 2.42 bits per heavy atom. The standard InChI is InChI=1S/C14H24N2O3/c1-11(18)16-7-2-12(3-8-16)13(19)15-10-14(4-5-14)6-9-17/h12,17H,2-10H2,1H3,(H,15,19). The maximum Gasteiger partial charge on any atom is 0.223 e. The van der Waals surface area contributed by atoms with Gasteiger partial charge in [0, 0.05) is 39.1 Å². The van der Waals surface area contributed by atoms with Crippen LogP contribution in [0.5, 0.6) is 0 Å². The minimum atomic E-state index is 0.0422. The second-order valence-electron chi connectivity index (χ2n) is 5.97. The fourth-order valence-electron chi connectivity index (χ4n) is 2.80. The largest absolute Gasteiger partial charge is 0.396 e. The lowest BCUT2D eigenvalue weighted by atomic mass is 9.95. The monoisotopic (exact) mass is 268 g/mol. The molecule has 0 unspecified atom stereocenters. The Balaban J connectivity index is 1.71. The molecule has 108 valence electrons. The van der Waals surface area contributed by atoms with E-state index in [9.17, 15) is 9.59 Å². The number of aliphatic hydroxyl groups excluding tert-OH is 1. The van der Waals surface area contributed by atoms with Crippen LogP contribution >= 0.6 is 0 Å². The Hall–Kier alpha value is -1.10. The highest BCUT2D eigenvalue weighted by Gasteiger charge is 2.42. The number of piperidine rings is 1. The molecule has 0 atom stereocenters. The Bertz CT molecular complexity index is 345. The average molecular weight is 268 g/mol. The number of aliphatic hydroxyl groups is 1. The van der Waals surface area contributed by atoms with Crippen molar-refractivity contribution in [3.05, 3.63) is 0 Å². The number of nitrogens with zero attached hydrogens (tertiary/aromatic N) is 1. The number of rotatable bonds is 5. The van der Waals surface area contributed by atoms with E-state index in [4.69, 9.17) is 5.11 Å². The molecule has 1 saturated carbocycles. The molecule has 1 heterocycles. The summed E-state index contributed by atoms with van der Waals surface area (Å²) in [5.41, 5.74) is 0.171. The van der Waals surface area contributed by atoms with Gasteiger partial charge in [0.25, 0.3) is 0 Å². The first-order chi connectivity index (χ1) is 9.06. The van der Waals surface area contributed by atoms with Crippen molar-refractivity contribution in [1.29, 1.82) is 0 Å². The summed E-state index contributed by atoms with van der Waals surface area (Å²) in [6, 6.07) is 0. The number of nitrogens with one attached hydrogen (secondary N) is 1. The van der Waals surface area contributed by atoms with E-state index in [1.165, 1.54) is 0 Å². The molecule has 1 saturated heterocycles. The third kappa shape index (κ3) is 3.69. The van der Waals surface area contributed by atoms with Crippen molar-refractivity contribution in [3.8, 4) is 0 Å². The van der Waals surface area contributed by atoms with Crippen molar-refractivity contribution in [3.63, 3.8) is 0 Å². The molecule has 2 amide bonds. The number of carbonyl (C=O) groups is 2. The number of carbonyl (C=O) groups excluding carboxylic acids is 2. The fraction of sp³-hybridized carbons (Fsp3) is 0.857. The molecule has 0 aromatic carbocycles. The lowest BCUT2D eigenvalue weighted by Crippen LogP contribution is -2.43. The summed E-state index contributed by atoms with van der Waals surface area (Å²) in [6.45, 7) is 3.85. The number of hydrogen-bond donors (Lipinski definition) is 2. The van der Waals surface area contributed by atoms with Crippen LogP contribution in [0, 0.1) is 11.3 Å². The molecule has 19 heavy (non-hydrogen) atoms. The zero-order valence-electron chi connectivity index (χ0n) is 11.7. The zero-order valence-corrected chi connectivity index (χ0v) is 11.7. The van der Waals surface area contributed by atoms with Crippen LogP contribution in [0.1, 0.15) is 39.0 Å². The van der Waals surface area contributed by atoms with Crippen molar-refractivity contribution in [2.45, 2.75) is 39.0 Å². The smallest absolute Gasteiger partial charge is 0.223 e. The van der Waals surface area contributed by atoms with Crippen LogP contribution in [-0.4, -0.2) is 48.1 Å². The average Bonchev–Trinajstić information content (AvgIpc) is 3.17. The summed E-state index contributed by atoms with van der Waals surface area (Å²) in [5, 5.41) is 12.0.